The molecule has 3 aromatic carbocycles. The van der Waals surface area contributed by atoms with Gasteiger partial charge in [0.1, 0.15) is 5.75 Å². The van der Waals surface area contributed by atoms with Crippen molar-refractivity contribution in [3.63, 3.8) is 0 Å². The molecule has 1 saturated heterocycles. The Hall–Kier alpha value is -3.16. The van der Waals surface area contributed by atoms with Crippen molar-refractivity contribution >= 4 is 21.6 Å². The summed E-state index contributed by atoms with van der Waals surface area (Å²) in [7, 11) is -3.42. The molecule has 0 aromatic heterocycles. The Morgan fingerprint density at radius 3 is 2.39 bits per heavy atom. The highest BCUT2D eigenvalue weighted by molar-refractivity contribution is 7.88. The molecule has 0 atom stereocenters. The largest absolute Gasteiger partial charge is 0.455 e. The molecule has 0 spiro atoms. The predicted octanol–water partition coefficient (Wildman–Crippen LogP) is 4.97. The SMILES string of the molecule is Cc1cccc(CS(=O)(=O)N2CCC(C(=O)Nc3ccccc3Oc3ccccc3)CC2)c1. The van der Waals surface area contributed by atoms with Crippen molar-refractivity contribution in [1.82, 2.24) is 4.31 Å². The number of piperidine rings is 1. The van der Waals surface area contributed by atoms with Crippen LogP contribution in [0, 0.1) is 12.8 Å². The number of hydrogen-bond acceptors (Lipinski definition) is 4. The van der Waals surface area contributed by atoms with Crippen molar-refractivity contribution in [2.24, 2.45) is 5.92 Å². The lowest BCUT2D eigenvalue weighted by Gasteiger charge is -2.30. The topological polar surface area (TPSA) is 75.7 Å². The fourth-order valence-corrected chi connectivity index (χ4v) is 5.56. The second-order valence-corrected chi connectivity index (χ2v) is 10.3. The van der Waals surface area contributed by atoms with E-state index in [1.165, 1.54) is 4.31 Å². The van der Waals surface area contributed by atoms with Crippen LogP contribution in [0.2, 0.25) is 0 Å². The molecule has 1 aliphatic heterocycles. The summed E-state index contributed by atoms with van der Waals surface area (Å²) in [6, 6.07) is 24.2. The highest BCUT2D eigenvalue weighted by Crippen LogP contribution is 2.30. The second-order valence-electron chi connectivity index (χ2n) is 8.32. The van der Waals surface area contributed by atoms with Gasteiger partial charge in [0.2, 0.25) is 15.9 Å². The van der Waals surface area contributed by atoms with Gasteiger partial charge in [0.25, 0.3) is 0 Å². The van der Waals surface area contributed by atoms with Crippen molar-refractivity contribution in [3.8, 4) is 11.5 Å². The van der Waals surface area contributed by atoms with Gasteiger partial charge in [-0.3, -0.25) is 4.79 Å². The Morgan fingerprint density at radius 1 is 0.970 bits per heavy atom. The summed E-state index contributed by atoms with van der Waals surface area (Å²) in [5, 5.41) is 2.97. The van der Waals surface area contributed by atoms with Crippen LogP contribution >= 0.6 is 0 Å². The summed E-state index contributed by atoms with van der Waals surface area (Å²) in [4.78, 5) is 12.9. The Kier molecular flexibility index (Phi) is 7.11. The molecule has 1 fully saturated rings. The average Bonchev–Trinajstić information content (AvgIpc) is 2.81. The Bertz CT molecular complexity index is 1200. The third-order valence-corrected chi connectivity index (χ3v) is 7.62. The smallest absolute Gasteiger partial charge is 0.227 e. The fourth-order valence-electron chi connectivity index (χ4n) is 4.01. The highest BCUT2D eigenvalue weighted by atomic mass is 32.2. The standard InChI is InChI=1S/C26H28N2O4S/c1-20-8-7-9-21(18-20)19-33(30,31)28-16-14-22(15-17-28)26(29)27-24-12-5-6-13-25(24)32-23-10-3-2-4-11-23/h2-13,18,22H,14-17,19H2,1H3,(H,27,29). The van der Waals surface area contributed by atoms with Crippen LogP contribution in [0.3, 0.4) is 0 Å². The van der Waals surface area contributed by atoms with Crippen molar-refractivity contribution in [3.05, 3.63) is 90.0 Å². The molecule has 6 nitrogen and oxygen atoms in total. The summed E-state index contributed by atoms with van der Waals surface area (Å²) >= 11 is 0. The molecule has 3 aromatic rings. The predicted molar refractivity (Wildman–Crippen MR) is 130 cm³/mol. The first-order chi connectivity index (χ1) is 15.9. The van der Waals surface area contributed by atoms with Gasteiger partial charge in [-0.2, -0.15) is 0 Å². The number of benzene rings is 3. The number of rotatable bonds is 7. The van der Waals surface area contributed by atoms with E-state index in [1.807, 2.05) is 79.7 Å². The molecule has 1 amide bonds. The summed E-state index contributed by atoms with van der Waals surface area (Å²) in [6.45, 7) is 2.63. The first-order valence-corrected chi connectivity index (χ1v) is 12.7. The third kappa shape index (κ3) is 6.00. The number of carbonyl (C=O) groups excluding carboxylic acids is 1. The van der Waals surface area contributed by atoms with Gasteiger partial charge in [-0.25, -0.2) is 12.7 Å². The Morgan fingerprint density at radius 2 is 1.67 bits per heavy atom. The number of carbonyl (C=O) groups is 1. The molecule has 4 rings (SSSR count). The first-order valence-electron chi connectivity index (χ1n) is 11.1. The van der Waals surface area contributed by atoms with Gasteiger partial charge < -0.3 is 10.1 Å². The van der Waals surface area contributed by atoms with Crippen LogP contribution in [0.25, 0.3) is 0 Å². The van der Waals surface area contributed by atoms with E-state index in [4.69, 9.17) is 4.74 Å². The van der Waals surface area contributed by atoms with Crippen LogP contribution < -0.4 is 10.1 Å². The van der Waals surface area contributed by atoms with E-state index in [0.29, 0.717) is 43.1 Å². The lowest BCUT2D eigenvalue weighted by molar-refractivity contribution is -0.120. The van der Waals surface area contributed by atoms with E-state index in [0.717, 1.165) is 11.1 Å². The number of nitrogens with zero attached hydrogens (tertiary/aromatic N) is 1. The number of ether oxygens (including phenoxy) is 1. The zero-order chi connectivity index (χ0) is 23.3. The van der Waals surface area contributed by atoms with Crippen LogP contribution in [0.5, 0.6) is 11.5 Å². The lowest BCUT2D eigenvalue weighted by Crippen LogP contribution is -2.41. The maximum absolute atomic E-state index is 12.9. The van der Waals surface area contributed by atoms with Gasteiger partial charge in [-0.05, 0) is 49.6 Å². The zero-order valence-corrected chi connectivity index (χ0v) is 19.4. The van der Waals surface area contributed by atoms with Gasteiger partial charge in [0.15, 0.2) is 5.75 Å². The molecule has 172 valence electrons. The number of nitrogens with one attached hydrogen (secondary N) is 1. The van der Waals surface area contributed by atoms with Crippen molar-refractivity contribution in [2.75, 3.05) is 18.4 Å². The monoisotopic (exact) mass is 464 g/mol. The average molecular weight is 465 g/mol. The van der Waals surface area contributed by atoms with Gasteiger partial charge in [0, 0.05) is 19.0 Å². The number of amides is 1. The number of anilines is 1. The third-order valence-electron chi connectivity index (χ3n) is 5.77. The van der Waals surface area contributed by atoms with Crippen molar-refractivity contribution in [2.45, 2.75) is 25.5 Å². The first kappa shape index (κ1) is 23.0. The molecule has 1 N–H and O–H groups in total. The molecular formula is C26H28N2O4S. The molecule has 0 saturated carbocycles. The van der Waals surface area contributed by atoms with E-state index in [-0.39, 0.29) is 17.6 Å². The minimum Gasteiger partial charge on any atom is -0.455 e. The molecule has 0 radical (unpaired) electrons. The number of para-hydroxylation sites is 3. The van der Waals surface area contributed by atoms with Crippen LogP contribution in [0.1, 0.15) is 24.0 Å². The number of sulfonamides is 1. The zero-order valence-electron chi connectivity index (χ0n) is 18.6. The van der Waals surface area contributed by atoms with Gasteiger partial charge in [0.05, 0.1) is 11.4 Å². The molecule has 0 unspecified atom stereocenters. The van der Waals surface area contributed by atoms with Crippen LogP contribution in [-0.2, 0) is 20.6 Å². The molecular weight excluding hydrogens is 436 g/mol. The van der Waals surface area contributed by atoms with Crippen LogP contribution in [-0.4, -0.2) is 31.7 Å². The maximum Gasteiger partial charge on any atom is 0.227 e. The summed E-state index contributed by atoms with van der Waals surface area (Å²) in [5.74, 6) is 0.868. The van der Waals surface area contributed by atoms with Crippen molar-refractivity contribution < 1.29 is 17.9 Å². The van der Waals surface area contributed by atoms with E-state index in [2.05, 4.69) is 5.32 Å². The minimum atomic E-state index is -3.42. The summed E-state index contributed by atoms with van der Waals surface area (Å²) < 4.78 is 33.1. The number of aryl methyl sites for hydroxylation is 1. The molecule has 1 aliphatic rings. The van der Waals surface area contributed by atoms with E-state index in [1.54, 1.807) is 6.07 Å². The van der Waals surface area contributed by atoms with Gasteiger partial charge >= 0.3 is 0 Å². The highest BCUT2D eigenvalue weighted by Gasteiger charge is 2.31. The molecule has 7 heteroatoms. The fraction of sp³-hybridized carbons (Fsp3) is 0.269. The molecule has 0 bridgehead atoms. The summed E-state index contributed by atoms with van der Waals surface area (Å²) in [5.41, 5.74) is 2.42. The number of hydrogen-bond donors (Lipinski definition) is 1. The van der Waals surface area contributed by atoms with Gasteiger partial charge in [-0.1, -0.05) is 60.2 Å². The quantitative estimate of drug-likeness (QED) is 0.536. The Balaban J connectivity index is 1.35. The maximum atomic E-state index is 12.9. The van der Waals surface area contributed by atoms with E-state index >= 15 is 0 Å². The Labute approximate surface area is 195 Å². The van der Waals surface area contributed by atoms with E-state index in [9.17, 15) is 13.2 Å². The summed E-state index contributed by atoms with van der Waals surface area (Å²) in [6.07, 6.45) is 0.973. The van der Waals surface area contributed by atoms with Gasteiger partial charge in [-0.15, -0.1) is 0 Å². The van der Waals surface area contributed by atoms with E-state index < -0.39 is 10.0 Å². The molecule has 1 heterocycles. The lowest BCUT2D eigenvalue weighted by atomic mass is 9.97. The second kappa shape index (κ2) is 10.2. The normalized spacial score (nSPS) is 15.2. The molecule has 33 heavy (non-hydrogen) atoms. The minimum absolute atomic E-state index is 0.0181. The van der Waals surface area contributed by atoms with Crippen LogP contribution in [0.4, 0.5) is 5.69 Å². The van der Waals surface area contributed by atoms with Crippen LogP contribution in [0.15, 0.2) is 78.9 Å². The van der Waals surface area contributed by atoms with Crippen molar-refractivity contribution in [1.29, 1.82) is 0 Å². The molecule has 0 aliphatic carbocycles.